The van der Waals surface area contributed by atoms with Crippen molar-refractivity contribution in [3.63, 3.8) is 0 Å². The van der Waals surface area contributed by atoms with Crippen molar-refractivity contribution < 1.29 is 19.7 Å². The summed E-state index contributed by atoms with van der Waals surface area (Å²) in [6.07, 6.45) is -0.769. The molecule has 0 aliphatic rings. The molecular weight excluding hydrogens is 172 g/mol. The van der Waals surface area contributed by atoms with Gasteiger partial charge in [-0.2, -0.15) is 0 Å². The molecule has 0 aliphatic carbocycles. The average molecular weight is 188 g/mol. The lowest BCUT2D eigenvalue weighted by molar-refractivity contribution is -0.136. The van der Waals surface area contributed by atoms with Gasteiger partial charge >= 0.3 is 5.97 Å². The van der Waals surface area contributed by atoms with Crippen molar-refractivity contribution >= 4 is 5.97 Å². The molecular formula is C9H16O4. The molecule has 4 nitrogen and oxygen atoms in total. The molecule has 0 aromatic rings. The standard InChI is InChI=1S/C9H16O4/c1-6(2)8(9(12)13-3)4-7(11)5-10/h7,10-11H,4-5H2,1-3H3/t7-/m1/s1. The van der Waals surface area contributed by atoms with Gasteiger partial charge in [-0.15, -0.1) is 0 Å². The fourth-order valence-corrected chi connectivity index (χ4v) is 0.915. The first-order valence-electron chi connectivity index (χ1n) is 4.06. The summed E-state index contributed by atoms with van der Waals surface area (Å²) < 4.78 is 4.53. The van der Waals surface area contributed by atoms with Gasteiger partial charge < -0.3 is 14.9 Å². The molecule has 13 heavy (non-hydrogen) atoms. The molecule has 1 atom stereocenters. The van der Waals surface area contributed by atoms with E-state index in [0.717, 1.165) is 5.57 Å². The van der Waals surface area contributed by atoms with Crippen molar-refractivity contribution in [1.82, 2.24) is 0 Å². The highest BCUT2D eigenvalue weighted by atomic mass is 16.5. The van der Waals surface area contributed by atoms with E-state index in [1.807, 2.05) is 0 Å². The van der Waals surface area contributed by atoms with Crippen molar-refractivity contribution in [3.05, 3.63) is 11.1 Å². The Balaban J connectivity index is 4.47. The Morgan fingerprint density at radius 3 is 2.31 bits per heavy atom. The number of hydrogen-bond acceptors (Lipinski definition) is 4. The van der Waals surface area contributed by atoms with Crippen LogP contribution in [0, 0.1) is 0 Å². The Bertz CT molecular complexity index is 204. The molecule has 0 fully saturated rings. The van der Waals surface area contributed by atoms with Crippen LogP contribution in [0.3, 0.4) is 0 Å². The van der Waals surface area contributed by atoms with Crippen LogP contribution in [0.1, 0.15) is 20.3 Å². The summed E-state index contributed by atoms with van der Waals surface area (Å²) in [4.78, 5) is 11.1. The van der Waals surface area contributed by atoms with Crippen LogP contribution in [0.25, 0.3) is 0 Å². The van der Waals surface area contributed by atoms with Gasteiger partial charge in [0.1, 0.15) is 0 Å². The second kappa shape index (κ2) is 5.72. The van der Waals surface area contributed by atoms with Crippen LogP contribution in [0.2, 0.25) is 0 Å². The molecule has 0 spiro atoms. The number of carbonyl (C=O) groups excluding carboxylic acids is 1. The third kappa shape index (κ3) is 4.05. The van der Waals surface area contributed by atoms with Gasteiger partial charge in [0.25, 0.3) is 0 Å². The molecule has 0 saturated carbocycles. The summed E-state index contributed by atoms with van der Waals surface area (Å²) in [5.74, 6) is -0.451. The van der Waals surface area contributed by atoms with Crippen LogP contribution in [0.15, 0.2) is 11.1 Å². The minimum Gasteiger partial charge on any atom is -0.466 e. The Kier molecular flexibility index (Phi) is 5.34. The number of esters is 1. The van der Waals surface area contributed by atoms with Crippen LogP contribution < -0.4 is 0 Å². The van der Waals surface area contributed by atoms with E-state index in [4.69, 9.17) is 10.2 Å². The quantitative estimate of drug-likeness (QED) is 0.490. The second-order valence-electron chi connectivity index (χ2n) is 3.01. The summed E-state index contributed by atoms with van der Waals surface area (Å²) in [6, 6.07) is 0. The lowest BCUT2D eigenvalue weighted by Gasteiger charge is -2.10. The average Bonchev–Trinajstić information content (AvgIpc) is 2.11. The Morgan fingerprint density at radius 2 is 2.00 bits per heavy atom. The second-order valence-corrected chi connectivity index (χ2v) is 3.01. The molecule has 0 aliphatic heterocycles. The number of ether oxygens (including phenoxy) is 1. The number of rotatable bonds is 4. The zero-order valence-electron chi connectivity index (χ0n) is 8.20. The van der Waals surface area contributed by atoms with Crippen LogP contribution in [0.5, 0.6) is 0 Å². The first-order chi connectivity index (χ1) is 6.02. The van der Waals surface area contributed by atoms with Crippen LogP contribution in [-0.2, 0) is 9.53 Å². The zero-order valence-corrected chi connectivity index (χ0v) is 8.20. The van der Waals surface area contributed by atoms with E-state index in [1.54, 1.807) is 13.8 Å². The number of carbonyl (C=O) groups is 1. The molecule has 0 aromatic carbocycles. The maximum atomic E-state index is 11.1. The highest BCUT2D eigenvalue weighted by molar-refractivity contribution is 5.89. The minimum absolute atomic E-state index is 0.130. The third-order valence-electron chi connectivity index (χ3n) is 1.69. The molecule has 76 valence electrons. The zero-order chi connectivity index (χ0) is 10.4. The maximum absolute atomic E-state index is 11.1. The number of methoxy groups -OCH3 is 1. The molecule has 0 radical (unpaired) electrons. The van der Waals surface area contributed by atoms with E-state index in [0.29, 0.717) is 5.57 Å². The van der Waals surface area contributed by atoms with E-state index >= 15 is 0 Å². The Labute approximate surface area is 77.8 Å². The van der Waals surface area contributed by atoms with Gasteiger partial charge in [-0.25, -0.2) is 4.79 Å². The summed E-state index contributed by atoms with van der Waals surface area (Å²) in [7, 11) is 1.29. The minimum atomic E-state index is -0.899. The molecule has 4 heteroatoms. The topological polar surface area (TPSA) is 66.8 Å². The van der Waals surface area contributed by atoms with Crippen LogP contribution in [0.4, 0.5) is 0 Å². The van der Waals surface area contributed by atoms with E-state index in [2.05, 4.69) is 4.74 Å². The van der Waals surface area contributed by atoms with Crippen molar-refractivity contribution in [2.24, 2.45) is 0 Å². The molecule has 0 amide bonds. The molecule has 0 saturated heterocycles. The molecule has 0 heterocycles. The fraction of sp³-hybridized carbons (Fsp3) is 0.667. The van der Waals surface area contributed by atoms with Gasteiger partial charge in [0.15, 0.2) is 0 Å². The maximum Gasteiger partial charge on any atom is 0.333 e. The van der Waals surface area contributed by atoms with E-state index in [9.17, 15) is 4.79 Å². The third-order valence-corrected chi connectivity index (χ3v) is 1.69. The van der Waals surface area contributed by atoms with Crippen molar-refractivity contribution in [2.45, 2.75) is 26.4 Å². The highest BCUT2D eigenvalue weighted by Gasteiger charge is 2.15. The smallest absolute Gasteiger partial charge is 0.333 e. The van der Waals surface area contributed by atoms with Gasteiger partial charge in [-0.1, -0.05) is 5.57 Å². The summed E-state index contributed by atoms with van der Waals surface area (Å²) >= 11 is 0. The monoisotopic (exact) mass is 188 g/mol. The van der Waals surface area contributed by atoms with Gasteiger partial charge in [-0.05, 0) is 13.8 Å². The van der Waals surface area contributed by atoms with E-state index in [-0.39, 0.29) is 13.0 Å². The summed E-state index contributed by atoms with van der Waals surface area (Å²) in [5.41, 5.74) is 1.21. The van der Waals surface area contributed by atoms with Crippen LogP contribution >= 0.6 is 0 Å². The van der Waals surface area contributed by atoms with E-state index in [1.165, 1.54) is 7.11 Å². The largest absolute Gasteiger partial charge is 0.466 e. The number of aliphatic hydroxyl groups excluding tert-OH is 2. The number of aliphatic hydroxyl groups is 2. The molecule has 0 bridgehead atoms. The van der Waals surface area contributed by atoms with Crippen molar-refractivity contribution in [3.8, 4) is 0 Å². The van der Waals surface area contributed by atoms with Gasteiger partial charge in [0, 0.05) is 12.0 Å². The van der Waals surface area contributed by atoms with Crippen molar-refractivity contribution in [2.75, 3.05) is 13.7 Å². The van der Waals surface area contributed by atoms with Gasteiger partial charge in [0.2, 0.25) is 0 Å². The molecule has 2 N–H and O–H groups in total. The SMILES string of the molecule is COC(=O)C(C[C@@H](O)CO)=C(C)C. The molecule has 0 rings (SSSR count). The number of allylic oxidation sites excluding steroid dienone is 1. The molecule has 0 aromatic heterocycles. The van der Waals surface area contributed by atoms with E-state index < -0.39 is 12.1 Å². The fourth-order valence-electron chi connectivity index (χ4n) is 0.915. The summed E-state index contributed by atoms with van der Waals surface area (Å²) in [5, 5.41) is 17.7. The van der Waals surface area contributed by atoms with Crippen LogP contribution in [-0.4, -0.2) is 36.0 Å². The van der Waals surface area contributed by atoms with Gasteiger partial charge in [-0.3, -0.25) is 0 Å². The normalized spacial score (nSPS) is 12.1. The summed E-state index contributed by atoms with van der Waals surface area (Å²) in [6.45, 7) is 3.17. The van der Waals surface area contributed by atoms with Gasteiger partial charge in [0.05, 0.1) is 19.8 Å². The first-order valence-corrected chi connectivity index (χ1v) is 4.06. The number of hydrogen-bond donors (Lipinski definition) is 2. The first kappa shape index (κ1) is 12.1. The Hall–Kier alpha value is -0.870. The predicted molar refractivity (Wildman–Crippen MR) is 48.1 cm³/mol. The lowest BCUT2D eigenvalue weighted by atomic mass is 10.0. The van der Waals surface area contributed by atoms with Crippen molar-refractivity contribution in [1.29, 1.82) is 0 Å². The molecule has 0 unspecified atom stereocenters. The highest BCUT2D eigenvalue weighted by Crippen LogP contribution is 2.12. The Morgan fingerprint density at radius 1 is 1.46 bits per heavy atom. The lowest BCUT2D eigenvalue weighted by Crippen LogP contribution is -2.18. The predicted octanol–water partition coefficient (Wildman–Crippen LogP) is 0.239.